The first-order valence-corrected chi connectivity index (χ1v) is 27.5. The molecule has 364 valence electrons. The second-order valence-corrected chi connectivity index (χ2v) is 22.0. The minimum absolute atomic E-state index is 0.124. The largest absolute Gasteiger partial charge is 0.451 e. The van der Waals surface area contributed by atoms with Crippen molar-refractivity contribution in [3.8, 4) is 5.82 Å². The van der Waals surface area contributed by atoms with Gasteiger partial charge < -0.3 is 13.8 Å². The van der Waals surface area contributed by atoms with Gasteiger partial charge in [0.15, 0.2) is 22.1 Å². The van der Waals surface area contributed by atoms with Crippen LogP contribution in [-0.4, -0.2) is 29.5 Å². The SMILES string of the molecule is Clc1nc(-n2c3ccccc3c3c4sc5ccccc5c4c4ccccc4c32)c2oc3ccccc3c2n1.Clc1nc(Cl)c2oc3ccccc3c2n1.c1ccc2c(c1)[nH]c1c3ccccc3c3c4ccccc4sc3c21. The highest BCUT2D eigenvalue weighted by Crippen LogP contribution is 2.49. The number of nitrogens with zero attached hydrogens (tertiary/aromatic N) is 5. The molecule has 0 aliphatic rings. The Bertz CT molecular complexity index is 5500. The molecule has 13 heteroatoms. The molecular formula is C64H33Cl3N6O2S2. The van der Waals surface area contributed by atoms with E-state index in [2.05, 4.69) is 170 Å². The number of aromatic nitrogens is 6. The number of para-hydroxylation sites is 4. The van der Waals surface area contributed by atoms with Crippen LogP contribution in [-0.2, 0) is 0 Å². The number of thiophene rings is 2. The molecule has 0 aliphatic carbocycles. The van der Waals surface area contributed by atoms with Crippen LogP contribution in [0.5, 0.6) is 0 Å². The fourth-order valence-electron chi connectivity index (χ4n) is 11.6. The number of furan rings is 2. The van der Waals surface area contributed by atoms with Crippen molar-refractivity contribution in [2.24, 2.45) is 0 Å². The molecule has 10 aromatic carbocycles. The minimum Gasteiger partial charge on any atom is -0.451 e. The summed E-state index contributed by atoms with van der Waals surface area (Å²) in [6.45, 7) is 0. The van der Waals surface area contributed by atoms with Gasteiger partial charge in [-0.05, 0) is 82.5 Å². The fraction of sp³-hybridized carbons (Fsp3) is 0. The number of hydrogen-bond donors (Lipinski definition) is 1. The summed E-state index contributed by atoms with van der Waals surface area (Å²) in [4.78, 5) is 21.0. The Morgan fingerprint density at radius 1 is 0.390 bits per heavy atom. The summed E-state index contributed by atoms with van der Waals surface area (Å²) < 4.78 is 19.4. The van der Waals surface area contributed by atoms with Gasteiger partial charge in [0.1, 0.15) is 22.2 Å². The Hall–Kier alpha value is -8.61. The zero-order valence-electron chi connectivity index (χ0n) is 40.0. The van der Waals surface area contributed by atoms with Crippen LogP contribution >= 0.6 is 57.5 Å². The normalized spacial score (nSPS) is 12.1. The monoisotopic (exact) mass is 1090 g/mol. The second-order valence-electron chi connectivity index (χ2n) is 18.8. The molecule has 0 amide bonds. The molecular weight excluding hydrogens is 1060 g/mol. The summed E-state index contributed by atoms with van der Waals surface area (Å²) >= 11 is 22.0. The second kappa shape index (κ2) is 17.2. The van der Waals surface area contributed by atoms with E-state index in [1.165, 1.54) is 89.1 Å². The minimum atomic E-state index is 0.124. The molecule has 8 nitrogen and oxygen atoms in total. The molecule has 0 unspecified atom stereocenters. The summed E-state index contributed by atoms with van der Waals surface area (Å²) in [5.74, 6) is 0.646. The molecule has 0 saturated carbocycles. The average molecular weight is 1090 g/mol. The Morgan fingerprint density at radius 2 is 0.857 bits per heavy atom. The van der Waals surface area contributed by atoms with Crippen LogP contribution in [0.3, 0.4) is 0 Å². The highest BCUT2D eigenvalue weighted by molar-refractivity contribution is 7.27. The van der Waals surface area contributed by atoms with Crippen LogP contribution < -0.4 is 0 Å². The van der Waals surface area contributed by atoms with Crippen LogP contribution in [0.1, 0.15) is 0 Å². The number of nitrogens with one attached hydrogen (secondary N) is 1. The third-order valence-electron chi connectivity index (χ3n) is 14.7. The van der Waals surface area contributed by atoms with E-state index in [1.807, 2.05) is 71.2 Å². The Morgan fingerprint density at radius 3 is 1.52 bits per heavy atom. The molecule has 0 radical (unpaired) electrons. The predicted octanol–water partition coefficient (Wildman–Crippen LogP) is 20.2. The van der Waals surface area contributed by atoms with Crippen molar-refractivity contribution in [2.75, 3.05) is 0 Å². The number of halogens is 3. The van der Waals surface area contributed by atoms with E-state index in [9.17, 15) is 0 Å². The summed E-state index contributed by atoms with van der Waals surface area (Å²) in [6.07, 6.45) is 0. The van der Waals surface area contributed by atoms with Crippen LogP contribution in [0.25, 0.3) is 155 Å². The van der Waals surface area contributed by atoms with Gasteiger partial charge in [0.25, 0.3) is 0 Å². The summed E-state index contributed by atoms with van der Waals surface area (Å²) in [5.41, 5.74) is 8.56. The van der Waals surface area contributed by atoms with Crippen molar-refractivity contribution in [2.45, 2.75) is 0 Å². The molecule has 0 atom stereocenters. The van der Waals surface area contributed by atoms with E-state index in [1.54, 1.807) is 0 Å². The number of benzene rings is 10. The Balaban J connectivity index is 0.000000108. The molecule has 18 aromatic rings. The first-order valence-electron chi connectivity index (χ1n) is 24.8. The predicted molar refractivity (Wildman–Crippen MR) is 325 cm³/mol. The Kier molecular flexibility index (Phi) is 9.98. The third kappa shape index (κ3) is 6.70. The lowest BCUT2D eigenvalue weighted by molar-refractivity contribution is 0.662. The van der Waals surface area contributed by atoms with Crippen LogP contribution in [0.4, 0.5) is 0 Å². The quantitative estimate of drug-likeness (QED) is 0.130. The first kappa shape index (κ1) is 44.7. The van der Waals surface area contributed by atoms with Crippen molar-refractivity contribution in [3.63, 3.8) is 0 Å². The lowest BCUT2D eigenvalue weighted by atomic mass is 10.00. The molecule has 0 spiro atoms. The van der Waals surface area contributed by atoms with Gasteiger partial charge in [0.05, 0.1) is 16.6 Å². The average Bonchev–Trinajstić information content (AvgIpc) is 4.47. The van der Waals surface area contributed by atoms with Gasteiger partial charge in [-0.3, -0.25) is 4.57 Å². The molecule has 0 aliphatic heterocycles. The van der Waals surface area contributed by atoms with Crippen molar-refractivity contribution in [1.82, 2.24) is 29.5 Å². The summed E-state index contributed by atoms with van der Waals surface area (Å²) in [6, 6.07) is 67.4. The molecule has 0 bridgehead atoms. The van der Waals surface area contributed by atoms with Crippen LogP contribution in [0, 0.1) is 0 Å². The van der Waals surface area contributed by atoms with Gasteiger partial charge in [0.2, 0.25) is 10.6 Å². The van der Waals surface area contributed by atoms with Crippen molar-refractivity contribution in [3.05, 3.63) is 210 Å². The van der Waals surface area contributed by atoms with E-state index >= 15 is 0 Å². The molecule has 1 N–H and O–H groups in total. The van der Waals surface area contributed by atoms with Gasteiger partial charge in [-0.1, -0.05) is 157 Å². The lowest BCUT2D eigenvalue weighted by Gasteiger charge is -2.10. The maximum Gasteiger partial charge on any atom is 0.225 e. The number of H-pyrrole nitrogens is 1. The lowest BCUT2D eigenvalue weighted by Crippen LogP contribution is -2.00. The highest BCUT2D eigenvalue weighted by Gasteiger charge is 2.26. The number of rotatable bonds is 1. The van der Waals surface area contributed by atoms with E-state index in [0.29, 0.717) is 28.0 Å². The van der Waals surface area contributed by atoms with E-state index in [4.69, 9.17) is 48.6 Å². The fourth-order valence-corrected chi connectivity index (χ4v) is 14.7. The van der Waals surface area contributed by atoms with Crippen LogP contribution in [0.2, 0.25) is 15.7 Å². The molecule has 8 aromatic heterocycles. The maximum absolute atomic E-state index is 6.59. The number of aromatic amines is 1. The van der Waals surface area contributed by atoms with Gasteiger partial charge in [-0.2, -0.15) is 4.98 Å². The first-order chi connectivity index (χ1) is 37.9. The van der Waals surface area contributed by atoms with Crippen molar-refractivity contribution < 1.29 is 8.83 Å². The standard InChI is InChI=1S/C32H16ClN3OS.C22H13NS.C10H4Cl2N2O/c33-32-34-27-20-12-4-7-15-23(20)37-29(27)31(35-32)36-22-14-6-3-11-19(22)26-28(36)18-10-2-1-9-17(18)25-21-13-5-8-16-24(21)38-30(25)26;1-2-8-14-13(7-1)19-16-10-4-6-12-18(16)24-22(19)20-15-9-3-5-11-17(15)23-21(14)20;11-9-8-7(13-10(12)14-9)5-3-1-2-4-6(5)15-8/h1-16H;1-12,23H;1-4H. The zero-order chi connectivity index (χ0) is 51.0. The van der Waals surface area contributed by atoms with Gasteiger partial charge in [-0.15, -0.1) is 22.7 Å². The molecule has 77 heavy (non-hydrogen) atoms. The topological polar surface area (TPSA) is 98.6 Å². The number of fused-ring (bicyclic) bond motifs is 26. The van der Waals surface area contributed by atoms with Gasteiger partial charge in [-0.25, -0.2) is 15.0 Å². The third-order valence-corrected chi connectivity index (χ3v) is 17.7. The maximum atomic E-state index is 6.59. The molecule has 18 rings (SSSR count). The van der Waals surface area contributed by atoms with Crippen LogP contribution in [0.15, 0.2) is 203 Å². The Labute approximate surface area is 457 Å². The molecule has 0 fully saturated rings. The number of hydrogen-bond acceptors (Lipinski definition) is 8. The van der Waals surface area contributed by atoms with E-state index in [0.717, 1.165) is 38.4 Å². The molecule has 0 saturated heterocycles. The summed E-state index contributed by atoms with van der Waals surface area (Å²) in [5, 5.41) is 17.8. The van der Waals surface area contributed by atoms with Crippen molar-refractivity contribution >= 4 is 207 Å². The summed E-state index contributed by atoms with van der Waals surface area (Å²) in [7, 11) is 0. The smallest absolute Gasteiger partial charge is 0.225 e. The van der Waals surface area contributed by atoms with E-state index in [-0.39, 0.29) is 15.7 Å². The highest BCUT2D eigenvalue weighted by atomic mass is 35.5. The van der Waals surface area contributed by atoms with Gasteiger partial charge in [0, 0.05) is 89.0 Å². The van der Waals surface area contributed by atoms with E-state index < -0.39 is 0 Å². The van der Waals surface area contributed by atoms with Crippen molar-refractivity contribution in [1.29, 1.82) is 0 Å². The van der Waals surface area contributed by atoms with Gasteiger partial charge >= 0.3 is 0 Å². The zero-order valence-corrected chi connectivity index (χ0v) is 43.9. The molecule has 8 heterocycles.